The average molecular weight is 304 g/mol. The summed E-state index contributed by atoms with van der Waals surface area (Å²) in [6.45, 7) is 5.25. The number of nitrogens with one attached hydrogen (secondary N) is 1. The second-order valence-electron chi connectivity index (χ2n) is 5.33. The first-order valence-electron chi connectivity index (χ1n) is 7.25. The molecule has 0 radical (unpaired) electrons. The van der Waals surface area contributed by atoms with Crippen molar-refractivity contribution in [2.75, 3.05) is 26.2 Å². The molecule has 0 saturated carbocycles. The van der Waals surface area contributed by atoms with Crippen molar-refractivity contribution in [3.05, 3.63) is 35.1 Å². The van der Waals surface area contributed by atoms with Gasteiger partial charge in [-0.05, 0) is 24.1 Å². The molecular formula is C15H20F4N2. The zero-order valence-corrected chi connectivity index (χ0v) is 12.0. The number of halogens is 4. The predicted molar refractivity (Wildman–Crippen MR) is 73.5 cm³/mol. The van der Waals surface area contributed by atoms with E-state index in [4.69, 9.17) is 0 Å². The molecule has 0 unspecified atom stereocenters. The van der Waals surface area contributed by atoms with Gasteiger partial charge in [-0.15, -0.1) is 0 Å². The van der Waals surface area contributed by atoms with Gasteiger partial charge in [-0.25, -0.2) is 4.39 Å². The Hall–Kier alpha value is -1.14. The molecule has 0 aliphatic carbocycles. The first-order valence-corrected chi connectivity index (χ1v) is 7.25. The molecule has 2 nitrogen and oxygen atoms in total. The molecule has 1 aromatic carbocycles. The lowest BCUT2D eigenvalue weighted by Gasteiger charge is -2.35. The fourth-order valence-electron chi connectivity index (χ4n) is 2.79. The summed E-state index contributed by atoms with van der Waals surface area (Å²) < 4.78 is 52.0. The molecule has 1 aliphatic heterocycles. The van der Waals surface area contributed by atoms with Crippen LogP contribution in [0.3, 0.4) is 0 Å². The lowest BCUT2D eigenvalue weighted by Crippen LogP contribution is -2.45. The van der Waals surface area contributed by atoms with Crippen LogP contribution in [-0.4, -0.2) is 31.1 Å². The van der Waals surface area contributed by atoms with Gasteiger partial charge < -0.3 is 5.32 Å². The number of piperazine rings is 1. The molecule has 0 bridgehead atoms. The van der Waals surface area contributed by atoms with E-state index in [1.165, 1.54) is 6.07 Å². The van der Waals surface area contributed by atoms with Gasteiger partial charge in [0.05, 0.1) is 5.56 Å². The SMILES string of the molecule is CCC[C@H](c1ccc(F)c(C(F)(F)F)c1)N1CCNCC1. The van der Waals surface area contributed by atoms with E-state index in [0.29, 0.717) is 5.56 Å². The molecule has 1 fully saturated rings. The molecule has 2 rings (SSSR count). The Morgan fingerprint density at radius 1 is 1.24 bits per heavy atom. The van der Waals surface area contributed by atoms with Gasteiger partial charge >= 0.3 is 6.18 Å². The number of hydrogen-bond acceptors (Lipinski definition) is 2. The summed E-state index contributed by atoms with van der Waals surface area (Å²) in [5.41, 5.74) is -0.622. The maximum absolute atomic E-state index is 13.4. The Morgan fingerprint density at radius 3 is 2.48 bits per heavy atom. The molecule has 1 heterocycles. The molecule has 1 atom stereocenters. The summed E-state index contributed by atoms with van der Waals surface area (Å²) in [7, 11) is 0. The summed E-state index contributed by atoms with van der Waals surface area (Å²) >= 11 is 0. The van der Waals surface area contributed by atoms with Crippen molar-refractivity contribution in [2.45, 2.75) is 32.0 Å². The van der Waals surface area contributed by atoms with E-state index in [2.05, 4.69) is 10.2 Å². The van der Waals surface area contributed by atoms with E-state index in [9.17, 15) is 17.6 Å². The number of rotatable bonds is 4. The van der Waals surface area contributed by atoms with E-state index in [1.54, 1.807) is 0 Å². The van der Waals surface area contributed by atoms with Crippen LogP contribution in [0.4, 0.5) is 17.6 Å². The molecule has 21 heavy (non-hydrogen) atoms. The van der Waals surface area contributed by atoms with Gasteiger partial charge in [0.25, 0.3) is 0 Å². The molecule has 0 aromatic heterocycles. The van der Waals surface area contributed by atoms with Crippen LogP contribution in [0, 0.1) is 5.82 Å². The normalized spacial score (nSPS) is 18.7. The van der Waals surface area contributed by atoms with Gasteiger partial charge in [0.1, 0.15) is 5.82 Å². The molecular weight excluding hydrogens is 284 g/mol. The molecule has 1 N–H and O–H groups in total. The standard InChI is InChI=1S/C15H20F4N2/c1-2-3-14(21-8-6-20-7-9-21)11-4-5-13(16)12(10-11)15(17,18)19/h4-5,10,14,20H,2-3,6-9H2,1H3/t14-/m1/s1. The molecule has 0 spiro atoms. The summed E-state index contributed by atoms with van der Waals surface area (Å²) in [4.78, 5) is 2.17. The monoisotopic (exact) mass is 304 g/mol. The quantitative estimate of drug-likeness (QED) is 0.855. The van der Waals surface area contributed by atoms with Crippen LogP contribution < -0.4 is 5.32 Å². The Morgan fingerprint density at radius 2 is 1.90 bits per heavy atom. The minimum atomic E-state index is -4.65. The van der Waals surface area contributed by atoms with Crippen LogP contribution in [0.25, 0.3) is 0 Å². The molecule has 1 saturated heterocycles. The Bertz CT molecular complexity index is 467. The highest BCUT2D eigenvalue weighted by molar-refractivity contribution is 5.29. The zero-order valence-electron chi connectivity index (χ0n) is 12.0. The maximum Gasteiger partial charge on any atom is 0.419 e. The Labute approximate surface area is 122 Å². The van der Waals surface area contributed by atoms with Crippen LogP contribution in [0.5, 0.6) is 0 Å². The third-order valence-corrected chi connectivity index (χ3v) is 3.84. The first kappa shape index (κ1) is 16.2. The average Bonchev–Trinajstić information content (AvgIpc) is 2.45. The van der Waals surface area contributed by atoms with E-state index in [-0.39, 0.29) is 6.04 Å². The first-order chi connectivity index (χ1) is 9.93. The van der Waals surface area contributed by atoms with Crippen molar-refractivity contribution in [1.29, 1.82) is 0 Å². The van der Waals surface area contributed by atoms with Crippen LogP contribution in [0.1, 0.15) is 36.9 Å². The minimum absolute atomic E-state index is 0.0844. The van der Waals surface area contributed by atoms with Gasteiger partial charge in [-0.1, -0.05) is 19.4 Å². The van der Waals surface area contributed by atoms with Crippen molar-refractivity contribution in [3.8, 4) is 0 Å². The van der Waals surface area contributed by atoms with Crippen LogP contribution >= 0.6 is 0 Å². The van der Waals surface area contributed by atoms with Crippen LogP contribution in [0.15, 0.2) is 18.2 Å². The summed E-state index contributed by atoms with van der Waals surface area (Å²) in [5.74, 6) is -1.21. The molecule has 118 valence electrons. The van der Waals surface area contributed by atoms with Crippen molar-refractivity contribution in [2.24, 2.45) is 0 Å². The molecule has 0 amide bonds. The maximum atomic E-state index is 13.4. The topological polar surface area (TPSA) is 15.3 Å². The largest absolute Gasteiger partial charge is 0.419 e. The Balaban J connectivity index is 2.31. The fraction of sp³-hybridized carbons (Fsp3) is 0.600. The number of alkyl halides is 3. The highest BCUT2D eigenvalue weighted by atomic mass is 19.4. The van der Waals surface area contributed by atoms with E-state index < -0.39 is 17.6 Å². The van der Waals surface area contributed by atoms with Crippen molar-refractivity contribution in [1.82, 2.24) is 10.2 Å². The third kappa shape index (κ3) is 3.95. The number of hydrogen-bond donors (Lipinski definition) is 1. The molecule has 1 aromatic rings. The second-order valence-corrected chi connectivity index (χ2v) is 5.33. The van der Waals surface area contributed by atoms with Crippen molar-refractivity contribution in [3.63, 3.8) is 0 Å². The van der Waals surface area contributed by atoms with E-state index in [0.717, 1.165) is 51.2 Å². The van der Waals surface area contributed by atoms with E-state index in [1.807, 2.05) is 6.92 Å². The summed E-state index contributed by atoms with van der Waals surface area (Å²) in [5, 5.41) is 3.23. The number of nitrogens with zero attached hydrogens (tertiary/aromatic N) is 1. The zero-order chi connectivity index (χ0) is 15.5. The van der Waals surface area contributed by atoms with Crippen molar-refractivity contribution < 1.29 is 17.6 Å². The minimum Gasteiger partial charge on any atom is -0.314 e. The highest BCUT2D eigenvalue weighted by Gasteiger charge is 2.35. The third-order valence-electron chi connectivity index (χ3n) is 3.84. The van der Waals surface area contributed by atoms with Gasteiger partial charge in [0, 0.05) is 32.2 Å². The van der Waals surface area contributed by atoms with Gasteiger partial charge in [-0.2, -0.15) is 13.2 Å². The van der Waals surface area contributed by atoms with Crippen LogP contribution in [-0.2, 0) is 6.18 Å². The van der Waals surface area contributed by atoms with Gasteiger partial charge in [-0.3, -0.25) is 4.90 Å². The number of benzene rings is 1. The lowest BCUT2D eigenvalue weighted by molar-refractivity contribution is -0.140. The summed E-state index contributed by atoms with van der Waals surface area (Å²) in [6.07, 6.45) is -3.02. The van der Waals surface area contributed by atoms with Gasteiger partial charge in [0.2, 0.25) is 0 Å². The molecule has 1 aliphatic rings. The second kappa shape index (κ2) is 6.75. The van der Waals surface area contributed by atoms with Crippen LogP contribution in [0.2, 0.25) is 0 Å². The Kier molecular flexibility index (Phi) is 5.22. The smallest absolute Gasteiger partial charge is 0.314 e. The summed E-state index contributed by atoms with van der Waals surface area (Å²) in [6, 6.07) is 3.30. The molecule has 6 heteroatoms. The lowest BCUT2D eigenvalue weighted by atomic mass is 9.97. The highest BCUT2D eigenvalue weighted by Crippen LogP contribution is 2.35. The van der Waals surface area contributed by atoms with E-state index >= 15 is 0 Å². The van der Waals surface area contributed by atoms with Gasteiger partial charge in [0.15, 0.2) is 0 Å². The predicted octanol–water partition coefficient (Wildman–Crippen LogP) is 3.59. The fourth-order valence-corrected chi connectivity index (χ4v) is 2.79. The van der Waals surface area contributed by atoms with Crippen molar-refractivity contribution >= 4 is 0 Å².